The third-order valence-electron chi connectivity index (χ3n) is 3.90. The molecular weight excluding hydrogens is 324 g/mol. The van der Waals surface area contributed by atoms with Crippen LogP contribution in [0.4, 0.5) is 0 Å². The molecule has 4 nitrogen and oxygen atoms in total. The number of rotatable bonds is 10. The highest BCUT2D eigenvalue weighted by Gasteiger charge is 2.12. The van der Waals surface area contributed by atoms with E-state index in [2.05, 4.69) is 24.0 Å². The van der Waals surface area contributed by atoms with Gasteiger partial charge in [0.15, 0.2) is 0 Å². The molecule has 0 aliphatic carbocycles. The molecule has 0 spiro atoms. The third-order valence-corrected chi connectivity index (χ3v) is 3.90. The predicted molar refractivity (Wildman–Crippen MR) is 107 cm³/mol. The van der Waals surface area contributed by atoms with Gasteiger partial charge >= 0.3 is 0 Å². The molecule has 0 unspecified atom stereocenters. The van der Waals surface area contributed by atoms with E-state index >= 15 is 0 Å². The van der Waals surface area contributed by atoms with Gasteiger partial charge in [-0.3, -0.25) is 4.79 Å². The standard InChI is InChI=1S/C22H26N2O2/c1-3-5-7-15-20(18-12-8-6-9-13-18)23-24-22(25)19-14-10-11-16-21(19)26-17-4-2/h4,6,8-14,16H,2-3,5,7,15,17H2,1H3,(H,24,25)/b23-20+. The van der Waals surface area contributed by atoms with Gasteiger partial charge in [0.1, 0.15) is 12.4 Å². The largest absolute Gasteiger partial charge is 0.489 e. The first kappa shape index (κ1) is 19.4. The summed E-state index contributed by atoms with van der Waals surface area (Å²) in [6.45, 7) is 6.15. The molecule has 0 saturated heterocycles. The molecule has 4 heteroatoms. The lowest BCUT2D eigenvalue weighted by Gasteiger charge is -2.10. The first-order valence-corrected chi connectivity index (χ1v) is 9.01. The number of hydrogen-bond acceptors (Lipinski definition) is 3. The molecule has 0 radical (unpaired) electrons. The van der Waals surface area contributed by atoms with Crippen molar-refractivity contribution in [2.75, 3.05) is 6.61 Å². The van der Waals surface area contributed by atoms with Crippen LogP contribution < -0.4 is 10.2 Å². The second-order valence-corrected chi connectivity index (χ2v) is 5.92. The van der Waals surface area contributed by atoms with E-state index < -0.39 is 0 Å². The smallest absolute Gasteiger partial charge is 0.275 e. The highest BCUT2D eigenvalue weighted by atomic mass is 16.5. The summed E-state index contributed by atoms with van der Waals surface area (Å²) < 4.78 is 5.55. The van der Waals surface area contributed by atoms with Gasteiger partial charge in [-0.2, -0.15) is 5.10 Å². The number of amides is 1. The number of carbonyl (C=O) groups is 1. The average molecular weight is 350 g/mol. The van der Waals surface area contributed by atoms with Crippen LogP contribution in [0.15, 0.2) is 72.4 Å². The zero-order valence-corrected chi connectivity index (χ0v) is 15.3. The fraction of sp³-hybridized carbons (Fsp3) is 0.273. The monoisotopic (exact) mass is 350 g/mol. The fourth-order valence-corrected chi connectivity index (χ4v) is 2.55. The molecule has 0 heterocycles. The number of nitrogens with one attached hydrogen (secondary N) is 1. The SMILES string of the molecule is C=CCOc1ccccc1C(=O)N/N=C(\CCCCC)c1ccccc1. The second kappa shape index (κ2) is 10.9. The molecule has 1 amide bonds. The fourth-order valence-electron chi connectivity index (χ4n) is 2.55. The van der Waals surface area contributed by atoms with Crippen molar-refractivity contribution in [3.63, 3.8) is 0 Å². The first-order valence-electron chi connectivity index (χ1n) is 9.01. The van der Waals surface area contributed by atoms with Gasteiger partial charge in [-0.15, -0.1) is 0 Å². The van der Waals surface area contributed by atoms with Crippen molar-refractivity contribution < 1.29 is 9.53 Å². The van der Waals surface area contributed by atoms with E-state index in [4.69, 9.17) is 4.74 Å². The van der Waals surface area contributed by atoms with Crippen molar-refractivity contribution in [1.82, 2.24) is 5.43 Å². The molecule has 2 aromatic carbocycles. The Kier molecular flexibility index (Phi) is 8.13. The number of para-hydroxylation sites is 1. The van der Waals surface area contributed by atoms with Crippen LogP contribution in [-0.2, 0) is 0 Å². The van der Waals surface area contributed by atoms with Crippen LogP contribution in [0.2, 0.25) is 0 Å². The maximum atomic E-state index is 12.6. The number of benzene rings is 2. The molecule has 0 atom stereocenters. The minimum Gasteiger partial charge on any atom is -0.489 e. The van der Waals surface area contributed by atoms with Gasteiger partial charge in [-0.05, 0) is 30.5 Å². The molecule has 0 aliphatic rings. The van der Waals surface area contributed by atoms with Crippen LogP contribution in [0, 0.1) is 0 Å². The number of carbonyl (C=O) groups excluding carboxylic acids is 1. The van der Waals surface area contributed by atoms with E-state index in [1.165, 1.54) is 0 Å². The lowest BCUT2D eigenvalue weighted by molar-refractivity contribution is 0.0951. The zero-order chi connectivity index (χ0) is 18.6. The van der Waals surface area contributed by atoms with Gasteiger partial charge in [0.2, 0.25) is 0 Å². The number of ether oxygens (including phenoxy) is 1. The van der Waals surface area contributed by atoms with Crippen LogP contribution in [0.1, 0.15) is 48.5 Å². The summed E-state index contributed by atoms with van der Waals surface area (Å²) in [7, 11) is 0. The molecule has 0 aromatic heterocycles. The zero-order valence-electron chi connectivity index (χ0n) is 15.3. The van der Waals surface area contributed by atoms with Gasteiger partial charge in [-0.25, -0.2) is 5.43 Å². The van der Waals surface area contributed by atoms with Crippen molar-refractivity contribution in [2.24, 2.45) is 5.10 Å². The Bertz CT molecular complexity index is 739. The van der Waals surface area contributed by atoms with Gasteiger partial charge in [0, 0.05) is 0 Å². The quantitative estimate of drug-likeness (QED) is 0.285. The minimum atomic E-state index is -0.284. The third kappa shape index (κ3) is 5.88. The summed E-state index contributed by atoms with van der Waals surface area (Å²) in [5.74, 6) is 0.237. The molecule has 0 fully saturated rings. The number of nitrogens with zero attached hydrogens (tertiary/aromatic N) is 1. The van der Waals surface area contributed by atoms with Gasteiger partial charge in [0.05, 0.1) is 11.3 Å². The summed E-state index contributed by atoms with van der Waals surface area (Å²) in [5.41, 5.74) is 5.06. The summed E-state index contributed by atoms with van der Waals surface area (Å²) in [5, 5.41) is 4.40. The Morgan fingerprint density at radius 3 is 2.58 bits per heavy atom. The van der Waals surface area contributed by atoms with E-state index in [0.29, 0.717) is 17.9 Å². The summed E-state index contributed by atoms with van der Waals surface area (Å²) >= 11 is 0. The second-order valence-electron chi connectivity index (χ2n) is 5.92. The molecule has 26 heavy (non-hydrogen) atoms. The normalized spacial score (nSPS) is 11.0. The van der Waals surface area contributed by atoms with Crippen LogP contribution in [0.25, 0.3) is 0 Å². The number of hydrazone groups is 1. The number of hydrogen-bond donors (Lipinski definition) is 1. The lowest BCUT2D eigenvalue weighted by atomic mass is 10.0. The minimum absolute atomic E-state index is 0.284. The molecule has 136 valence electrons. The Labute approximate surface area is 155 Å². The Morgan fingerprint density at radius 2 is 1.85 bits per heavy atom. The average Bonchev–Trinajstić information content (AvgIpc) is 2.69. The van der Waals surface area contributed by atoms with Crippen molar-refractivity contribution in [3.05, 3.63) is 78.4 Å². The predicted octanol–water partition coefficient (Wildman–Crippen LogP) is 4.97. The topological polar surface area (TPSA) is 50.7 Å². The van der Waals surface area contributed by atoms with Crippen molar-refractivity contribution in [2.45, 2.75) is 32.6 Å². The van der Waals surface area contributed by atoms with Crippen LogP contribution in [-0.4, -0.2) is 18.2 Å². The molecule has 1 N–H and O–H groups in total. The maximum Gasteiger partial charge on any atom is 0.275 e. The van der Waals surface area contributed by atoms with Crippen molar-refractivity contribution in [1.29, 1.82) is 0 Å². The van der Waals surface area contributed by atoms with Gasteiger partial charge < -0.3 is 4.74 Å². The Hall–Kier alpha value is -2.88. The van der Waals surface area contributed by atoms with Crippen molar-refractivity contribution >= 4 is 11.6 Å². The molecule has 0 aliphatic heterocycles. The van der Waals surface area contributed by atoms with Crippen LogP contribution >= 0.6 is 0 Å². The van der Waals surface area contributed by atoms with E-state index in [-0.39, 0.29) is 5.91 Å². The van der Waals surface area contributed by atoms with E-state index in [0.717, 1.165) is 37.0 Å². The van der Waals surface area contributed by atoms with Crippen LogP contribution in [0.5, 0.6) is 5.75 Å². The lowest BCUT2D eigenvalue weighted by Crippen LogP contribution is -2.21. The summed E-state index contributed by atoms with van der Waals surface area (Å²) in [6, 6.07) is 17.1. The molecule has 0 bridgehead atoms. The van der Waals surface area contributed by atoms with E-state index in [1.807, 2.05) is 36.4 Å². The van der Waals surface area contributed by atoms with Crippen LogP contribution in [0.3, 0.4) is 0 Å². The Balaban J connectivity index is 2.15. The molecule has 2 rings (SSSR count). The van der Waals surface area contributed by atoms with E-state index in [1.54, 1.807) is 24.3 Å². The maximum absolute atomic E-state index is 12.6. The number of unbranched alkanes of at least 4 members (excludes halogenated alkanes) is 2. The first-order chi connectivity index (χ1) is 12.8. The summed E-state index contributed by atoms with van der Waals surface area (Å²) in [4.78, 5) is 12.6. The van der Waals surface area contributed by atoms with Gasteiger partial charge in [0.25, 0.3) is 5.91 Å². The molecule has 0 saturated carbocycles. The molecule has 2 aromatic rings. The summed E-state index contributed by atoms with van der Waals surface area (Å²) in [6.07, 6.45) is 5.79. The highest BCUT2D eigenvalue weighted by molar-refractivity contribution is 6.02. The van der Waals surface area contributed by atoms with E-state index in [9.17, 15) is 4.79 Å². The van der Waals surface area contributed by atoms with Crippen molar-refractivity contribution in [3.8, 4) is 5.75 Å². The van der Waals surface area contributed by atoms with Gasteiger partial charge in [-0.1, -0.05) is 74.9 Å². The highest BCUT2D eigenvalue weighted by Crippen LogP contribution is 2.18. The molecular formula is C22H26N2O2. The Morgan fingerprint density at radius 1 is 1.12 bits per heavy atom.